The molecule has 0 N–H and O–H groups in total. The maximum Gasteiger partial charge on any atom is 0.143 e. The molecule has 0 bridgehead atoms. The normalized spacial score (nSPS) is 23.9. The number of aldehydes is 1. The van der Waals surface area contributed by atoms with Crippen molar-refractivity contribution in [3.8, 4) is 0 Å². The van der Waals surface area contributed by atoms with E-state index in [4.69, 9.17) is 4.74 Å². The van der Waals surface area contributed by atoms with E-state index in [1.807, 2.05) is 30.3 Å². The SMILES string of the molecule is O=CC1CC(COCc2ccccc2)CCC1=O. The summed E-state index contributed by atoms with van der Waals surface area (Å²) >= 11 is 0. The molecule has 1 aliphatic carbocycles. The molecule has 3 heteroatoms. The topological polar surface area (TPSA) is 43.4 Å². The monoisotopic (exact) mass is 246 g/mol. The van der Waals surface area contributed by atoms with E-state index in [-0.39, 0.29) is 5.78 Å². The van der Waals surface area contributed by atoms with Crippen molar-refractivity contribution in [3.63, 3.8) is 0 Å². The van der Waals surface area contributed by atoms with E-state index in [1.165, 1.54) is 0 Å². The largest absolute Gasteiger partial charge is 0.376 e. The molecule has 2 unspecified atom stereocenters. The first-order chi connectivity index (χ1) is 8.79. The third-order valence-corrected chi connectivity index (χ3v) is 3.43. The van der Waals surface area contributed by atoms with Crippen molar-refractivity contribution in [2.45, 2.75) is 25.9 Å². The molecule has 1 aromatic rings. The Bertz CT molecular complexity index is 399. The minimum absolute atomic E-state index is 0.0873. The van der Waals surface area contributed by atoms with Crippen LogP contribution in [0.25, 0.3) is 0 Å². The third-order valence-electron chi connectivity index (χ3n) is 3.43. The van der Waals surface area contributed by atoms with Crippen molar-refractivity contribution in [2.75, 3.05) is 6.61 Å². The standard InChI is InChI=1S/C15H18O3/c16-9-14-8-13(6-7-15(14)17)11-18-10-12-4-2-1-3-5-12/h1-5,9,13-14H,6-8,10-11H2. The van der Waals surface area contributed by atoms with Gasteiger partial charge in [0.05, 0.1) is 12.5 Å². The summed E-state index contributed by atoms with van der Waals surface area (Å²) in [6, 6.07) is 10.0. The summed E-state index contributed by atoms with van der Waals surface area (Å²) < 4.78 is 5.66. The summed E-state index contributed by atoms with van der Waals surface area (Å²) in [5, 5.41) is 0. The Balaban J connectivity index is 1.74. The van der Waals surface area contributed by atoms with Crippen LogP contribution in [0.15, 0.2) is 30.3 Å². The zero-order valence-electron chi connectivity index (χ0n) is 10.4. The van der Waals surface area contributed by atoms with E-state index < -0.39 is 5.92 Å². The predicted octanol–water partition coefficient (Wildman–Crippen LogP) is 2.39. The van der Waals surface area contributed by atoms with E-state index in [0.717, 1.165) is 18.3 Å². The summed E-state index contributed by atoms with van der Waals surface area (Å²) in [6.45, 7) is 1.23. The number of hydrogen-bond donors (Lipinski definition) is 0. The molecule has 1 aliphatic rings. The molecule has 2 atom stereocenters. The molecule has 0 spiro atoms. The first-order valence-electron chi connectivity index (χ1n) is 6.39. The summed E-state index contributed by atoms with van der Waals surface area (Å²) in [5.74, 6) is 0.0231. The molecule has 2 rings (SSSR count). The van der Waals surface area contributed by atoms with Crippen molar-refractivity contribution in [1.29, 1.82) is 0 Å². The molecule has 0 aromatic heterocycles. The van der Waals surface area contributed by atoms with Gasteiger partial charge in [-0.15, -0.1) is 0 Å². The number of carbonyl (C=O) groups excluding carboxylic acids is 2. The maximum atomic E-state index is 11.4. The number of ether oxygens (including phenoxy) is 1. The highest BCUT2D eigenvalue weighted by atomic mass is 16.5. The molecule has 96 valence electrons. The van der Waals surface area contributed by atoms with Gasteiger partial charge in [0.15, 0.2) is 0 Å². The summed E-state index contributed by atoms with van der Waals surface area (Å²) in [7, 11) is 0. The van der Waals surface area contributed by atoms with Gasteiger partial charge in [-0.3, -0.25) is 4.79 Å². The van der Waals surface area contributed by atoms with Crippen molar-refractivity contribution >= 4 is 12.1 Å². The van der Waals surface area contributed by atoms with Crippen LogP contribution < -0.4 is 0 Å². The lowest BCUT2D eigenvalue weighted by Crippen LogP contribution is -2.28. The number of benzene rings is 1. The predicted molar refractivity (Wildman–Crippen MR) is 68.0 cm³/mol. The van der Waals surface area contributed by atoms with Crippen LogP contribution >= 0.6 is 0 Å². The minimum Gasteiger partial charge on any atom is -0.376 e. The van der Waals surface area contributed by atoms with Crippen LogP contribution in [0.2, 0.25) is 0 Å². The Morgan fingerprint density at radius 1 is 1.28 bits per heavy atom. The molecular weight excluding hydrogens is 228 g/mol. The quantitative estimate of drug-likeness (QED) is 0.592. The summed E-state index contributed by atoms with van der Waals surface area (Å²) in [6.07, 6.45) is 2.80. The van der Waals surface area contributed by atoms with Crippen molar-refractivity contribution in [1.82, 2.24) is 0 Å². The van der Waals surface area contributed by atoms with Gasteiger partial charge in [-0.2, -0.15) is 0 Å². The fourth-order valence-corrected chi connectivity index (χ4v) is 2.34. The second-order valence-corrected chi connectivity index (χ2v) is 4.85. The highest BCUT2D eigenvalue weighted by Crippen LogP contribution is 2.25. The Hall–Kier alpha value is -1.48. The molecule has 0 amide bonds. The number of carbonyl (C=O) groups is 2. The molecule has 1 saturated carbocycles. The Morgan fingerprint density at radius 3 is 2.78 bits per heavy atom. The molecule has 0 aliphatic heterocycles. The van der Waals surface area contributed by atoms with Crippen LogP contribution in [-0.2, 0) is 20.9 Å². The Labute approximate surface area is 107 Å². The van der Waals surface area contributed by atoms with E-state index in [2.05, 4.69) is 0 Å². The fourth-order valence-electron chi connectivity index (χ4n) is 2.34. The van der Waals surface area contributed by atoms with Gasteiger partial charge < -0.3 is 9.53 Å². The van der Waals surface area contributed by atoms with Crippen LogP contribution in [0.1, 0.15) is 24.8 Å². The van der Waals surface area contributed by atoms with Gasteiger partial charge in [0, 0.05) is 13.0 Å². The lowest BCUT2D eigenvalue weighted by molar-refractivity contribution is -0.130. The van der Waals surface area contributed by atoms with Gasteiger partial charge in [-0.25, -0.2) is 0 Å². The minimum atomic E-state index is -0.399. The molecular formula is C15H18O3. The van der Waals surface area contributed by atoms with Crippen molar-refractivity contribution < 1.29 is 14.3 Å². The highest BCUT2D eigenvalue weighted by molar-refractivity contribution is 5.93. The molecule has 1 aromatic carbocycles. The maximum absolute atomic E-state index is 11.4. The molecule has 0 heterocycles. The number of ketones is 1. The first-order valence-corrected chi connectivity index (χ1v) is 6.39. The average molecular weight is 246 g/mol. The second kappa shape index (κ2) is 6.45. The number of Topliss-reactive ketones (excluding diaryl/α,β-unsaturated/α-hetero) is 1. The van der Waals surface area contributed by atoms with E-state index >= 15 is 0 Å². The van der Waals surface area contributed by atoms with Crippen molar-refractivity contribution in [3.05, 3.63) is 35.9 Å². The van der Waals surface area contributed by atoms with Crippen LogP contribution in [-0.4, -0.2) is 18.7 Å². The van der Waals surface area contributed by atoms with Gasteiger partial charge in [0.1, 0.15) is 12.1 Å². The zero-order chi connectivity index (χ0) is 12.8. The molecule has 0 radical (unpaired) electrons. The van der Waals surface area contributed by atoms with Crippen LogP contribution in [0.5, 0.6) is 0 Å². The molecule has 3 nitrogen and oxygen atoms in total. The second-order valence-electron chi connectivity index (χ2n) is 4.85. The van der Waals surface area contributed by atoms with Gasteiger partial charge in [0.2, 0.25) is 0 Å². The van der Waals surface area contributed by atoms with Crippen LogP contribution in [0, 0.1) is 11.8 Å². The fraction of sp³-hybridized carbons (Fsp3) is 0.467. The van der Waals surface area contributed by atoms with Crippen molar-refractivity contribution in [2.24, 2.45) is 11.8 Å². The Kier molecular flexibility index (Phi) is 4.65. The molecule has 18 heavy (non-hydrogen) atoms. The summed E-state index contributed by atoms with van der Waals surface area (Å²) in [5.41, 5.74) is 1.15. The molecule has 1 fully saturated rings. The Morgan fingerprint density at radius 2 is 2.06 bits per heavy atom. The van der Waals surface area contributed by atoms with Gasteiger partial charge in [-0.05, 0) is 24.3 Å². The summed E-state index contributed by atoms with van der Waals surface area (Å²) in [4.78, 5) is 22.1. The number of hydrogen-bond acceptors (Lipinski definition) is 3. The van der Waals surface area contributed by atoms with E-state index in [9.17, 15) is 9.59 Å². The highest BCUT2D eigenvalue weighted by Gasteiger charge is 2.28. The van der Waals surface area contributed by atoms with Gasteiger partial charge >= 0.3 is 0 Å². The van der Waals surface area contributed by atoms with Crippen LogP contribution in [0.3, 0.4) is 0 Å². The average Bonchev–Trinajstić information content (AvgIpc) is 2.42. The van der Waals surface area contributed by atoms with Gasteiger partial charge in [-0.1, -0.05) is 30.3 Å². The lowest BCUT2D eigenvalue weighted by Gasteiger charge is -2.24. The third kappa shape index (κ3) is 3.50. The smallest absolute Gasteiger partial charge is 0.143 e. The number of rotatable bonds is 5. The lowest BCUT2D eigenvalue weighted by atomic mass is 9.82. The zero-order valence-corrected chi connectivity index (χ0v) is 10.4. The van der Waals surface area contributed by atoms with E-state index in [0.29, 0.717) is 32.0 Å². The first kappa shape index (κ1) is 13.0. The van der Waals surface area contributed by atoms with E-state index in [1.54, 1.807) is 0 Å². The van der Waals surface area contributed by atoms with Gasteiger partial charge in [0.25, 0.3) is 0 Å². The molecule has 0 saturated heterocycles. The van der Waals surface area contributed by atoms with Crippen LogP contribution in [0.4, 0.5) is 0 Å².